The molecule has 168 valence electrons. The zero-order valence-corrected chi connectivity index (χ0v) is 18.5. The second-order valence-corrected chi connectivity index (χ2v) is 7.05. The van der Waals surface area contributed by atoms with E-state index in [1.807, 2.05) is 60.7 Å². The smallest absolute Gasteiger partial charge is 0.245 e. The van der Waals surface area contributed by atoms with Crippen LogP contribution >= 0.6 is 0 Å². The first-order chi connectivity index (χ1) is 16.1. The second-order valence-electron chi connectivity index (χ2n) is 7.05. The molecule has 0 atom stereocenters. The fourth-order valence-electron chi connectivity index (χ4n) is 3.09. The molecule has 0 bridgehead atoms. The molecule has 3 rings (SSSR count). The highest BCUT2D eigenvalue weighted by molar-refractivity contribution is 5.94. The molecule has 0 unspecified atom stereocenters. The van der Waals surface area contributed by atoms with Crippen molar-refractivity contribution in [2.75, 3.05) is 14.2 Å². The van der Waals surface area contributed by atoms with Gasteiger partial charge >= 0.3 is 0 Å². The van der Waals surface area contributed by atoms with E-state index in [2.05, 4.69) is 10.6 Å². The molecule has 0 saturated carbocycles. The SMILES string of the molecule is COc1ccc(C(NC(=O)C=Cc2ccccc2)NC(=O)C=Cc2ccccc2)cc1OC. The van der Waals surface area contributed by atoms with Gasteiger partial charge in [-0.1, -0.05) is 66.7 Å². The summed E-state index contributed by atoms with van der Waals surface area (Å²) in [4.78, 5) is 25.2. The van der Waals surface area contributed by atoms with E-state index >= 15 is 0 Å². The van der Waals surface area contributed by atoms with Crippen LogP contribution in [-0.2, 0) is 9.59 Å². The minimum Gasteiger partial charge on any atom is -0.493 e. The quantitative estimate of drug-likeness (QED) is 0.381. The Bertz CT molecular complexity index is 1060. The third-order valence-electron chi connectivity index (χ3n) is 4.77. The van der Waals surface area contributed by atoms with E-state index in [9.17, 15) is 9.59 Å². The van der Waals surface area contributed by atoms with Crippen molar-refractivity contribution in [3.63, 3.8) is 0 Å². The lowest BCUT2D eigenvalue weighted by atomic mass is 10.1. The van der Waals surface area contributed by atoms with E-state index in [4.69, 9.17) is 9.47 Å². The molecule has 6 heteroatoms. The standard InChI is InChI=1S/C27H26N2O4/c1-32-23-16-15-22(19-24(23)33-2)27(28-25(30)17-13-20-9-5-3-6-10-20)29-26(31)18-14-21-11-7-4-8-12-21/h3-19,27H,1-2H3,(H,28,30)(H,29,31). The van der Waals surface area contributed by atoms with Crippen molar-refractivity contribution >= 4 is 24.0 Å². The Morgan fingerprint density at radius 2 is 1.18 bits per heavy atom. The number of benzene rings is 3. The summed E-state index contributed by atoms with van der Waals surface area (Å²) in [5.74, 6) is 0.325. The van der Waals surface area contributed by atoms with Crippen molar-refractivity contribution in [1.29, 1.82) is 0 Å². The molecule has 0 aliphatic heterocycles. The van der Waals surface area contributed by atoms with E-state index in [-0.39, 0.29) is 11.8 Å². The lowest BCUT2D eigenvalue weighted by molar-refractivity contribution is -0.119. The van der Waals surface area contributed by atoms with Crippen molar-refractivity contribution in [3.05, 3.63) is 108 Å². The predicted molar refractivity (Wildman–Crippen MR) is 130 cm³/mol. The molecule has 0 aliphatic carbocycles. The minimum absolute atomic E-state index is 0.356. The Balaban J connectivity index is 1.79. The van der Waals surface area contributed by atoms with E-state index in [0.29, 0.717) is 17.1 Å². The van der Waals surface area contributed by atoms with Crippen LogP contribution in [0.3, 0.4) is 0 Å². The molecule has 0 heterocycles. The molecule has 6 nitrogen and oxygen atoms in total. The Hall–Kier alpha value is -4.32. The largest absolute Gasteiger partial charge is 0.493 e. The molecule has 3 aromatic carbocycles. The number of amides is 2. The predicted octanol–water partition coefficient (Wildman–Crippen LogP) is 4.36. The number of ether oxygens (including phenoxy) is 2. The maximum Gasteiger partial charge on any atom is 0.245 e. The molecule has 33 heavy (non-hydrogen) atoms. The molecule has 0 aliphatic rings. The van der Waals surface area contributed by atoms with Crippen LogP contribution in [0.25, 0.3) is 12.2 Å². The topological polar surface area (TPSA) is 76.7 Å². The molecule has 0 aromatic heterocycles. The molecule has 2 N–H and O–H groups in total. The Morgan fingerprint density at radius 3 is 1.64 bits per heavy atom. The third kappa shape index (κ3) is 7.11. The fourth-order valence-corrected chi connectivity index (χ4v) is 3.09. The van der Waals surface area contributed by atoms with Gasteiger partial charge in [0.2, 0.25) is 11.8 Å². The maximum absolute atomic E-state index is 12.6. The monoisotopic (exact) mass is 442 g/mol. The van der Waals surface area contributed by atoms with Crippen LogP contribution in [0.1, 0.15) is 22.9 Å². The van der Waals surface area contributed by atoms with Gasteiger partial charge in [-0.3, -0.25) is 9.59 Å². The summed E-state index contributed by atoms with van der Waals surface area (Å²) < 4.78 is 10.7. The zero-order valence-electron chi connectivity index (χ0n) is 18.5. The van der Waals surface area contributed by atoms with Gasteiger partial charge in [-0.05, 0) is 41.0 Å². The first kappa shape index (κ1) is 23.3. The van der Waals surface area contributed by atoms with Crippen molar-refractivity contribution in [2.45, 2.75) is 6.17 Å². The highest BCUT2D eigenvalue weighted by atomic mass is 16.5. The van der Waals surface area contributed by atoms with Crippen LogP contribution in [0.4, 0.5) is 0 Å². The summed E-state index contributed by atoms with van der Waals surface area (Å²) in [6.45, 7) is 0. The summed E-state index contributed by atoms with van der Waals surface area (Å²) in [5.41, 5.74) is 2.42. The highest BCUT2D eigenvalue weighted by Gasteiger charge is 2.17. The van der Waals surface area contributed by atoms with Crippen molar-refractivity contribution in [1.82, 2.24) is 10.6 Å². The van der Waals surface area contributed by atoms with Gasteiger partial charge in [0.05, 0.1) is 14.2 Å². The van der Waals surface area contributed by atoms with Crippen molar-refractivity contribution < 1.29 is 19.1 Å². The Labute approximate surface area is 193 Å². The van der Waals surface area contributed by atoms with E-state index < -0.39 is 6.17 Å². The average molecular weight is 443 g/mol. The summed E-state index contributed by atoms with van der Waals surface area (Å²) >= 11 is 0. The highest BCUT2D eigenvalue weighted by Crippen LogP contribution is 2.29. The van der Waals surface area contributed by atoms with Gasteiger partial charge in [-0.15, -0.1) is 0 Å². The molecule has 0 spiro atoms. The van der Waals surface area contributed by atoms with Crippen LogP contribution in [0.5, 0.6) is 11.5 Å². The number of hydrogen-bond donors (Lipinski definition) is 2. The zero-order chi connectivity index (χ0) is 23.5. The molecular weight excluding hydrogens is 416 g/mol. The van der Waals surface area contributed by atoms with Gasteiger partial charge < -0.3 is 20.1 Å². The first-order valence-corrected chi connectivity index (χ1v) is 10.4. The number of carbonyl (C=O) groups is 2. The second kappa shape index (κ2) is 11.9. The van der Waals surface area contributed by atoms with E-state index in [1.165, 1.54) is 19.3 Å². The molecule has 2 amide bonds. The van der Waals surface area contributed by atoms with Crippen molar-refractivity contribution in [2.24, 2.45) is 0 Å². The van der Waals surface area contributed by atoms with Gasteiger partial charge in [0.25, 0.3) is 0 Å². The number of nitrogens with one attached hydrogen (secondary N) is 2. The van der Waals surface area contributed by atoms with Gasteiger partial charge in [-0.2, -0.15) is 0 Å². The minimum atomic E-state index is -0.786. The lowest BCUT2D eigenvalue weighted by Gasteiger charge is -2.20. The Kier molecular flexibility index (Phi) is 8.42. The normalized spacial score (nSPS) is 11.8. The number of carbonyl (C=O) groups excluding carboxylic acids is 2. The third-order valence-corrected chi connectivity index (χ3v) is 4.77. The first-order valence-electron chi connectivity index (χ1n) is 10.4. The maximum atomic E-state index is 12.6. The molecule has 0 fully saturated rings. The van der Waals surface area contributed by atoms with Gasteiger partial charge in [-0.25, -0.2) is 0 Å². The average Bonchev–Trinajstić information content (AvgIpc) is 2.86. The van der Waals surface area contributed by atoms with Crippen LogP contribution < -0.4 is 20.1 Å². The molecule has 0 radical (unpaired) electrons. The van der Waals surface area contributed by atoms with Crippen molar-refractivity contribution in [3.8, 4) is 11.5 Å². The number of hydrogen-bond acceptors (Lipinski definition) is 4. The van der Waals surface area contributed by atoms with Crippen LogP contribution in [-0.4, -0.2) is 26.0 Å². The van der Waals surface area contributed by atoms with Crippen LogP contribution in [0.15, 0.2) is 91.0 Å². The van der Waals surface area contributed by atoms with E-state index in [0.717, 1.165) is 11.1 Å². The molecule has 3 aromatic rings. The number of rotatable bonds is 9. The van der Waals surface area contributed by atoms with Crippen LogP contribution in [0.2, 0.25) is 0 Å². The van der Waals surface area contributed by atoms with Gasteiger partial charge in [0.15, 0.2) is 11.5 Å². The summed E-state index contributed by atoms with van der Waals surface area (Å²) in [5, 5.41) is 5.67. The van der Waals surface area contributed by atoms with Gasteiger partial charge in [0, 0.05) is 12.2 Å². The lowest BCUT2D eigenvalue weighted by Crippen LogP contribution is -2.39. The number of methoxy groups -OCH3 is 2. The summed E-state index contributed by atoms with van der Waals surface area (Å²) in [6, 6.07) is 24.2. The van der Waals surface area contributed by atoms with E-state index in [1.54, 1.807) is 37.5 Å². The van der Waals surface area contributed by atoms with Gasteiger partial charge in [0.1, 0.15) is 6.17 Å². The Morgan fingerprint density at radius 1 is 0.697 bits per heavy atom. The molecule has 0 saturated heterocycles. The fraction of sp³-hybridized carbons (Fsp3) is 0.111. The molecular formula is C27H26N2O4. The summed E-state index contributed by atoms with van der Waals surface area (Å²) in [7, 11) is 3.07. The summed E-state index contributed by atoms with van der Waals surface area (Å²) in [6.07, 6.45) is 5.48. The van der Waals surface area contributed by atoms with Crippen LogP contribution in [0, 0.1) is 0 Å².